The van der Waals surface area contributed by atoms with E-state index >= 15 is 0 Å². The van der Waals surface area contributed by atoms with Gasteiger partial charge in [0, 0.05) is 47.8 Å². The highest BCUT2D eigenvalue weighted by Gasteiger charge is 2.36. The molecule has 1 N–H and O–H groups in total. The van der Waals surface area contributed by atoms with Crippen LogP contribution in [0.15, 0.2) is 126 Å². The highest BCUT2D eigenvalue weighted by Crippen LogP contribution is 2.40. The molecule has 0 saturated carbocycles. The molecule has 1 heterocycles. The summed E-state index contributed by atoms with van der Waals surface area (Å²) in [6.45, 7) is 12.1. The zero-order valence-electron chi connectivity index (χ0n) is 26.7. The predicted octanol–water partition coefficient (Wildman–Crippen LogP) is 7.18. The number of anilines is 2. The van der Waals surface area contributed by atoms with Crippen molar-refractivity contribution < 1.29 is 33.5 Å². The number of benzene rings is 3. The van der Waals surface area contributed by atoms with Crippen LogP contribution in [0.25, 0.3) is 5.57 Å². The number of hydrogen-bond donors (Lipinski definition) is 1. The van der Waals surface area contributed by atoms with Gasteiger partial charge >= 0.3 is 5.97 Å². The lowest BCUT2D eigenvalue weighted by atomic mass is 9.80. The number of nitrogens with zero attached hydrogens (tertiary/aromatic N) is 2. The van der Waals surface area contributed by atoms with E-state index in [1.807, 2.05) is 91.9 Å². The molecule has 8 nitrogen and oxygen atoms in total. The second kappa shape index (κ2) is 13.5. The van der Waals surface area contributed by atoms with Crippen LogP contribution in [0.4, 0.5) is 17.1 Å². The van der Waals surface area contributed by atoms with Crippen molar-refractivity contribution in [1.82, 2.24) is 0 Å². The average molecular weight is 630 g/mol. The Balaban J connectivity index is 1.16. The van der Waals surface area contributed by atoms with Crippen LogP contribution in [0.1, 0.15) is 26.3 Å². The molecule has 0 amide bonds. The number of allylic oxidation sites excluding steroid dienone is 7. The summed E-state index contributed by atoms with van der Waals surface area (Å²) in [6, 6.07) is 22.9. The van der Waals surface area contributed by atoms with E-state index in [4.69, 9.17) is 14.2 Å². The summed E-state index contributed by atoms with van der Waals surface area (Å²) in [5.74, 6) is 0.602. The number of rotatable bonds is 11. The minimum absolute atomic E-state index is 0.00211. The summed E-state index contributed by atoms with van der Waals surface area (Å²) >= 11 is 0. The third kappa shape index (κ3) is 6.73. The summed E-state index contributed by atoms with van der Waals surface area (Å²) in [6.07, 6.45) is 7.75. The van der Waals surface area contributed by atoms with Crippen LogP contribution in [0.2, 0.25) is 0 Å². The summed E-state index contributed by atoms with van der Waals surface area (Å²) < 4.78 is 18.4. The first-order valence-corrected chi connectivity index (χ1v) is 15.7. The topological polar surface area (TPSA) is 91.6 Å². The zero-order valence-corrected chi connectivity index (χ0v) is 26.7. The van der Waals surface area contributed by atoms with Crippen LogP contribution in [0.5, 0.6) is 11.5 Å². The Morgan fingerprint density at radius 3 is 2.04 bits per heavy atom. The number of aliphatic hydroxyl groups is 1. The van der Waals surface area contributed by atoms with Crippen molar-refractivity contribution in [2.24, 2.45) is 0 Å². The summed E-state index contributed by atoms with van der Waals surface area (Å²) in [5, 5.41) is 11.0. The monoisotopic (exact) mass is 629 g/mol. The average Bonchev–Trinajstić information content (AvgIpc) is 3.92. The van der Waals surface area contributed by atoms with Crippen molar-refractivity contribution in [3.8, 4) is 11.5 Å². The first-order valence-electron chi connectivity index (χ1n) is 15.7. The highest BCUT2D eigenvalue weighted by atomic mass is 16.6. The molecule has 1 aliphatic heterocycles. The van der Waals surface area contributed by atoms with Gasteiger partial charge in [0.25, 0.3) is 0 Å². The van der Waals surface area contributed by atoms with Gasteiger partial charge in [-0.1, -0.05) is 18.7 Å². The van der Waals surface area contributed by atoms with Crippen molar-refractivity contribution >= 4 is 40.1 Å². The van der Waals surface area contributed by atoms with Gasteiger partial charge in [-0.3, -0.25) is 4.79 Å². The molecular weight excluding hydrogens is 592 g/mol. The second-order valence-electron chi connectivity index (χ2n) is 11.4. The summed E-state index contributed by atoms with van der Waals surface area (Å²) in [7, 11) is 0. The molecule has 3 aliphatic rings. The van der Waals surface area contributed by atoms with E-state index in [-0.39, 0.29) is 17.6 Å². The van der Waals surface area contributed by atoms with E-state index in [9.17, 15) is 14.7 Å². The minimum Gasteiger partial charge on any atom is -0.506 e. The molecule has 47 heavy (non-hydrogen) atoms. The van der Waals surface area contributed by atoms with Crippen molar-refractivity contribution in [3.05, 3.63) is 132 Å². The van der Waals surface area contributed by atoms with Crippen LogP contribution in [-0.2, 0) is 14.3 Å². The van der Waals surface area contributed by atoms with Gasteiger partial charge in [-0.2, -0.15) is 4.58 Å². The third-order valence-electron chi connectivity index (χ3n) is 8.19. The van der Waals surface area contributed by atoms with Gasteiger partial charge in [0.1, 0.15) is 36.5 Å². The Morgan fingerprint density at radius 2 is 1.51 bits per heavy atom. The molecule has 8 heteroatoms. The molecule has 0 spiro atoms. The molecule has 1 unspecified atom stereocenters. The van der Waals surface area contributed by atoms with Crippen LogP contribution in [0.3, 0.4) is 0 Å². The first kappa shape index (κ1) is 31.5. The maximum absolute atomic E-state index is 13.3. The fourth-order valence-electron chi connectivity index (χ4n) is 5.55. The lowest BCUT2D eigenvalue weighted by molar-refractivity contribution is -0.434. The maximum atomic E-state index is 13.3. The molecular formula is C39H37N2O6+. The normalized spacial score (nSPS) is 16.6. The fraction of sp³-hybridized carbons (Fsp3) is 0.205. The number of esters is 1. The molecule has 238 valence electrons. The molecule has 6 rings (SSSR count). The Morgan fingerprint density at radius 1 is 0.915 bits per heavy atom. The van der Waals surface area contributed by atoms with E-state index in [2.05, 4.69) is 23.0 Å². The Labute approximate surface area is 274 Å². The van der Waals surface area contributed by atoms with Gasteiger partial charge in [-0.25, -0.2) is 4.79 Å². The number of aliphatic hydroxyl groups excluding tert-OH is 1. The first-order chi connectivity index (χ1) is 22.8. The van der Waals surface area contributed by atoms with Gasteiger partial charge in [0.2, 0.25) is 17.2 Å². The van der Waals surface area contributed by atoms with E-state index in [0.717, 1.165) is 41.7 Å². The maximum Gasteiger partial charge on any atom is 0.338 e. The predicted molar refractivity (Wildman–Crippen MR) is 183 cm³/mol. The minimum atomic E-state index is -0.465. The third-order valence-corrected chi connectivity index (χ3v) is 8.19. The quantitative estimate of drug-likeness (QED) is 0.0790. The SMILES string of the molecule is C=C(C)C(=O)Oc1ccc([N+](CC)=C2C=CC(=C3C(=O)C(c4ccc(N(CC)c5ccc(OCC6CO6)cc5)cc4)=C3O)C=C2)cc1. The molecule has 1 fully saturated rings. The lowest BCUT2D eigenvalue weighted by Crippen LogP contribution is -2.23. The molecule has 2 aliphatic carbocycles. The number of Topliss-reactive ketones (excluding diaryl/α,β-unsaturated/α-hetero) is 1. The van der Waals surface area contributed by atoms with E-state index < -0.39 is 5.97 Å². The van der Waals surface area contributed by atoms with Crippen molar-refractivity contribution in [2.45, 2.75) is 26.9 Å². The van der Waals surface area contributed by atoms with Crippen LogP contribution < -0.4 is 14.4 Å². The second-order valence-corrected chi connectivity index (χ2v) is 11.4. The van der Waals surface area contributed by atoms with Gasteiger partial charge < -0.3 is 24.2 Å². The summed E-state index contributed by atoms with van der Waals surface area (Å²) in [4.78, 5) is 27.3. The van der Waals surface area contributed by atoms with Crippen LogP contribution in [-0.4, -0.2) is 59.6 Å². The van der Waals surface area contributed by atoms with Crippen molar-refractivity contribution in [2.75, 3.05) is 31.2 Å². The smallest absolute Gasteiger partial charge is 0.338 e. The Hall–Kier alpha value is -5.47. The molecule has 3 aromatic carbocycles. The van der Waals surface area contributed by atoms with E-state index in [0.29, 0.717) is 46.8 Å². The molecule has 0 radical (unpaired) electrons. The zero-order chi connectivity index (χ0) is 33.1. The van der Waals surface area contributed by atoms with Gasteiger partial charge in [-0.15, -0.1) is 0 Å². The number of epoxide rings is 1. The Kier molecular flexibility index (Phi) is 9.04. The fourth-order valence-corrected chi connectivity index (χ4v) is 5.55. The molecule has 0 bridgehead atoms. The van der Waals surface area contributed by atoms with E-state index in [1.165, 1.54) is 0 Å². The van der Waals surface area contributed by atoms with Crippen LogP contribution >= 0.6 is 0 Å². The number of carbonyl (C=O) groups is 2. The number of hydrogen-bond acceptors (Lipinski definition) is 7. The van der Waals surface area contributed by atoms with Gasteiger partial charge in [0.05, 0.1) is 17.8 Å². The summed E-state index contributed by atoms with van der Waals surface area (Å²) in [5.41, 5.74) is 6.15. The van der Waals surface area contributed by atoms with Crippen LogP contribution in [0, 0.1) is 0 Å². The standard InChI is InChI=1S/C39H36N2O6/c1-5-40(30-15-19-32(20-16-30)45-23-34-24-46-34)28-11-7-26(8-12-28)35-37(42)36(38(35)43)27-9-13-29(14-10-27)41(6-2)31-17-21-33(22-18-31)47-39(44)25(3)4/h7-22,34H,3,5-6,23-24H2,1-2,4H3/p+1. The van der Waals surface area contributed by atoms with Gasteiger partial charge in [0.15, 0.2) is 0 Å². The number of carbonyl (C=O) groups excluding carboxylic acids is 2. The highest BCUT2D eigenvalue weighted by molar-refractivity contribution is 6.39. The van der Waals surface area contributed by atoms with E-state index in [1.54, 1.807) is 19.1 Å². The number of ether oxygens (including phenoxy) is 3. The molecule has 1 atom stereocenters. The molecule has 0 aromatic heterocycles. The largest absolute Gasteiger partial charge is 0.506 e. The lowest BCUT2D eigenvalue weighted by Gasteiger charge is -2.26. The Bertz CT molecular complexity index is 1850. The van der Waals surface area contributed by atoms with Gasteiger partial charge in [-0.05, 0) is 92.6 Å². The molecule has 1 saturated heterocycles. The van der Waals surface area contributed by atoms with Crippen molar-refractivity contribution in [1.29, 1.82) is 0 Å². The molecule has 3 aromatic rings. The number of ketones is 1. The van der Waals surface area contributed by atoms with Crippen molar-refractivity contribution in [3.63, 3.8) is 0 Å².